The van der Waals surface area contributed by atoms with Crippen LogP contribution >= 0.6 is 15.9 Å². The van der Waals surface area contributed by atoms with Gasteiger partial charge in [0, 0.05) is 4.47 Å². The number of rotatable bonds is 4. The Morgan fingerprint density at radius 1 is 1.21 bits per heavy atom. The first-order valence-electron chi connectivity index (χ1n) is 5.90. The highest BCUT2D eigenvalue weighted by Gasteiger charge is 2.03. The molecule has 1 atom stereocenters. The summed E-state index contributed by atoms with van der Waals surface area (Å²) in [7, 11) is 0. The molecule has 4 heteroatoms. The largest absolute Gasteiger partial charge is 0.489 e. The van der Waals surface area contributed by atoms with Crippen LogP contribution in [0.1, 0.15) is 24.2 Å². The zero-order chi connectivity index (χ0) is 13.8. The van der Waals surface area contributed by atoms with Crippen LogP contribution in [0.4, 0.5) is 4.39 Å². The second kappa shape index (κ2) is 6.17. The monoisotopic (exact) mass is 324 g/mol. The Hall–Kier alpha value is -1.39. The number of benzene rings is 2. The highest BCUT2D eigenvalue weighted by molar-refractivity contribution is 9.10. The third-order valence-corrected chi connectivity index (χ3v) is 3.15. The molecule has 0 heterocycles. The predicted molar refractivity (Wildman–Crippen MR) is 75.5 cm³/mol. The van der Waals surface area contributed by atoms with Crippen molar-refractivity contribution in [3.05, 3.63) is 63.9 Å². The third kappa shape index (κ3) is 4.04. The summed E-state index contributed by atoms with van der Waals surface area (Å²) in [5.74, 6) is 0.391. The minimum absolute atomic E-state index is 0.294. The molecule has 0 fully saturated rings. The number of aliphatic hydroxyl groups excluding tert-OH is 1. The average Bonchev–Trinajstić information content (AvgIpc) is 2.36. The Morgan fingerprint density at radius 2 is 1.89 bits per heavy atom. The van der Waals surface area contributed by atoms with E-state index in [-0.39, 0.29) is 5.82 Å². The fourth-order valence-corrected chi connectivity index (χ4v) is 2.22. The SMILES string of the molecule is C[C@H](O)c1ccc(OCc2cc(F)cc(Br)c2)cc1. The maximum Gasteiger partial charge on any atom is 0.124 e. The van der Waals surface area contributed by atoms with Gasteiger partial charge >= 0.3 is 0 Å². The molecule has 0 aliphatic heterocycles. The molecule has 0 unspecified atom stereocenters. The van der Waals surface area contributed by atoms with Gasteiger partial charge in [0.25, 0.3) is 0 Å². The van der Waals surface area contributed by atoms with Crippen molar-refractivity contribution >= 4 is 15.9 Å². The molecule has 2 nitrogen and oxygen atoms in total. The van der Waals surface area contributed by atoms with Crippen molar-refractivity contribution < 1.29 is 14.2 Å². The Balaban J connectivity index is 2.02. The molecule has 0 spiro atoms. The molecule has 0 aliphatic rings. The van der Waals surface area contributed by atoms with Gasteiger partial charge in [-0.25, -0.2) is 4.39 Å². The van der Waals surface area contributed by atoms with Gasteiger partial charge in [0.1, 0.15) is 18.2 Å². The van der Waals surface area contributed by atoms with Crippen LogP contribution in [0.5, 0.6) is 5.75 Å². The summed E-state index contributed by atoms with van der Waals surface area (Å²) in [4.78, 5) is 0. The van der Waals surface area contributed by atoms with Crippen LogP contribution in [0.2, 0.25) is 0 Å². The van der Waals surface area contributed by atoms with Gasteiger partial charge in [-0.15, -0.1) is 0 Å². The number of hydrogen-bond acceptors (Lipinski definition) is 2. The van der Waals surface area contributed by atoms with E-state index < -0.39 is 6.10 Å². The van der Waals surface area contributed by atoms with Crippen molar-refractivity contribution in [3.8, 4) is 5.75 Å². The summed E-state index contributed by atoms with van der Waals surface area (Å²) in [6, 6.07) is 11.8. The summed E-state index contributed by atoms with van der Waals surface area (Å²) < 4.78 is 19.4. The summed E-state index contributed by atoms with van der Waals surface area (Å²) >= 11 is 3.24. The fraction of sp³-hybridized carbons (Fsp3) is 0.200. The van der Waals surface area contributed by atoms with Gasteiger partial charge in [-0.05, 0) is 48.4 Å². The molecule has 0 bridgehead atoms. The first kappa shape index (κ1) is 14.0. The van der Waals surface area contributed by atoms with Crippen molar-refractivity contribution in [3.63, 3.8) is 0 Å². The summed E-state index contributed by atoms with van der Waals surface area (Å²) in [6.45, 7) is 2.00. The quantitative estimate of drug-likeness (QED) is 0.912. The van der Waals surface area contributed by atoms with Crippen LogP contribution in [-0.4, -0.2) is 5.11 Å². The van der Waals surface area contributed by atoms with E-state index in [1.54, 1.807) is 19.1 Å². The molecule has 0 amide bonds. The maximum atomic E-state index is 13.2. The van der Waals surface area contributed by atoms with Crippen LogP contribution in [0.3, 0.4) is 0 Å². The van der Waals surface area contributed by atoms with Crippen LogP contribution < -0.4 is 4.74 Å². The number of halogens is 2. The summed E-state index contributed by atoms with van der Waals surface area (Å²) in [5.41, 5.74) is 1.59. The third-order valence-electron chi connectivity index (χ3n) is 2.69. The molecule has 100 valence electrons. The fourth-order valence-electron chi connectivity index (χ4n) is 1.70. The number of ether oxygens (including phenoxy) is 1. The molecule has 0 saturated carbocycles. The van der Waals surface area contributed by atoms with Crippen molar-refractivity contribution in [1.29, 1.82) is 0 Å². The second-order valence-corrected chi connectivity index (χ2v) is 5.23. The topological polar surface area (TPSA) is 29.5 Å². The Morgan fingerprint density at radius 3 is 2.47 bits per heavy atom. The maximum absolute atomic E-state index is 13.2. The summed E-state index contributed by atoms with van der Waals surface area (Å²) in [6.07, 6.45) is -0.492. The minimum Gasteiger partial charge on any atom is -0.489 e. The molecular formula is C15H14BrFO2. The first-order chi connectivity index (χ1) is 9.04. The molecule has 19 heavy (non-hydrogen) atoms. The van der Waals surface area contributed by atoms with Crippen molar-refractivity contribution in [2.75, 3.05) is 0 Å². The van der Waals surface area contributed by atoms with E-state index in [0.29, 0.717) is 16.8 Å². The van der Waals surface area contributed by atoms with Gasteiger partial charge in [-0.2, -0.15) is 0 Å². The number of hydrogen-bond donors (Lipinski definition) is 1. The van der Waals surface area contributed by atoms with E-state index in [4.69, 9.17) is 4.74 Å². The molecule has 1 N–H and O–H groups in total. The Kier molecular flexibility index (Phi) is 4.56. The van der Waals surface area contributed by atoms with Gasteiger partial charge < -0.3 is 9.84 Å². The van der Waals surface area contributed by atoms with Crippen LogP contribution in [0.25, 0.3) is 0 Å². The highest BCUT2D eigenvalue weighted by atomic mass is 79.9. The van der Waals surface area contributed by atoms with E-state index in [9.17, 15) is 9.50 Å². The zero-order valence-electron chi connectivity index (χ0n) is 10.4. The standard InChI is InChI=1S/C15H14BrFO2/c1-10(18)12-2-4-15(5-3-12)19-9-11-6-13(16)8-14(17)7-11/h2-8,10,18H,9H2,1H3/t10-/m0/s1. The first-order valence-corrected chi connectivity index (χ1v) is 6.69. The van der Waals surface area contributed by atoms with Crippen molar-refractivity contribution in [2.24, 2.45) is 0 Å². The average molecular weight is 325 g/mol. The van der Waals surface area contributed by atoms with Gasteiger partial charge in [0.2, 0.25) is 0 Å². The van der Waals surface area contributed by atoms with Crippen molar-refractivity contribution in [2.45, 2.75) is 19.6 Å². The van der Waals surface area contributed by atoms with E-state index >= 15 is 0 Å². The molecule has 2 aromatic rings. The lowest BCUT2D eigenvalue weighted by Crippen LogP contribution is -1.97. The van der Waals surface area contributed by atoms with Gasteiger partial charge in [0.15, 0.2) is 0 Å². The van der Waals surface area contributed by atoms with Crippen molar-refractivity contribution in [1.82, 2.24) is 0 Å². The zero-order valence-corrected chi connectivity index (χ0v) is 12.0. The lowest BCUT2D eigenvalue weighted by molar-refractivity contribution is 0.199. The molecule has 0 aliphatic carbocycles. The highest BCUT2D eigenvalue weighted by Crippen LogP contribution is 2.20. The lowest BCUT2D eigenvalue weighted by Gasteiger charge is -2.09. The van der Waals surface area contributed by atoms with E-state index in [1.807, 2.05) is 18.2 Å². The smallest absolute Gasteiger partial charge is 0.124 e. The van der Waals surface area contributed by atoms with Crippen LogP contribution in [-0.2, 0) is 6.61 Å². The molecule has 0 radical (unpaired) electrons. The van der Waals surface area contributed by atoms with E-state index in [1.165, 1.54) is 12.1 Å². The van der Waals surface area contributed by atoms with E-state index in [2.05, 4.69) is 15.9 Å². The molecule has 0 saturated heterocycles. The van der Waals surface area contributed by atoms with Crippen LogP contribution in [0.15, 0.2) is 46.9 Å². The number of aliphatic hydroxyl groups is 1. The summed E-state index contributed by atoms with van der Waals surface area (Å²) in [5, 5.41) is 9.40. The molecular weight excluding hydrogens is 311 g/mol. The van der Waals surface area contributed by atoms with Gasteiger partial charge in [0.05, 0.1) is 6.10 Å². The normalized spacial score (nSPS) is 12.2. The molecule has 2 rings (SSSR count). The Labute approximate surface area is 120 Å². The molecule has 2 aromatic carbocycles. The lowest BCUT2D eigenvalue weighted by atomic mass is 10.1. The van der Waals surface area contributed by atoms with Gasteiger partial charge in [-0.3, -0.25) is 0 Å². The minimum atomic E-state index is -0.492. The predicted octanol–water partition coefficient (Wildman–Crippen LogP) is 4.22. The van der Waals surface area contributed by atoms with Crippen LogP contribution in [0, 0.1) is 5.82 Å². The Bertz CT molecular complexity index is 532. The second-order valence-electron chi connectivity index (χ2n) is 4.31. The van der Waals surface area contributed by atoms with Gasteiger partial charge in [-0.1, -0.05) is 28.1 Å². The van der Waals surface area contributed by atoms with E-state index in [0.717, 1.165) is 11.1 Å². The molecule has 0 aromatic heterocycles.